The third-order valence-corrected chi connectivity index (χ3v) is 3.85. The Labute approximate surface area is 117 Å². The van der Waals surface area contributed by atoms with Crippen molar-refractivity contribution in [2.24, 2.45) is 0 Å². The molecule has 0 aliphatic heterocycles. The van der Waals surface area contributed by atoms with Gasteiger partial charge >= 0.3 is 0 Å². The molecule has 0 aliphatic rings. The SMILES string of the molecule is Oc1ccc(Cl)c(NCc2cnc(Cl)s2)c1Cl. The van der Waals surface area contributed by atoms with Gasteiger partial charge in [0.25, 0.3) is 0 Å². The Kier molecular flexibility index (Phi) is 3.99. The van der Waals surface area contributed by atoms with Crippen LogP contribution in [0.15, 0.2) is 18.3 Å². The molecule has 1 aromatic heterocycles. The number of halogens is 3. The van der Waals surface area contributed by atoms with Crippen molar-refractivity contribution >= 4 is 51.8 Å². The lowest BCUT2D eigenvalue weighted by molar-refractivity contribution is 0.476. The number of hydrogen-bond donors (Lipinski definition) is 2. The minimum absolute atomic E-state index is 0.0131. The third kappa shape index (κ3) is 2.96. The average Bonchev–Trinajstić information content (AvgIpc) is 2.70. The smallest absolute Gasteiger partial charge is 0.183 e. The molecule has 0 spiro atoms. The van der Waals surface area contributed by atoms with Gasteiger partial charge in [-0.25, -0.2) is 4.98 Å². The summed E-state index contributed by atoms with van der Waals surface area (Å²) in [6.07, 6.45) is 1.67. The fourth-order valence-electron chi connectivity index (χ4n) is 1.24. The van der Waals surface area contributed by atoms with Gasteiger partial charge in [-0.05, 0) is 12.1 Å². The maximum atomic E-state index is 9.46. The molecule has 0 radical (unpaired) electrons. The predicted octanol–water partition coefficient (Wildman–Crippen LogP) is 4.42. The molecule has 90 valence electrons. The van der Waals surface area contributed by atoms with Crippen LogP contribution >= 0.6 is 46.1 Å². The van der Waals surface area contributed by atoms with E-state index in [1.54, 1.807) is 12.3 Å². The third-order valence-electron chi connectivity index (χ3n) is 2.04. The van der Waals surface area contributed by atoms with E-state index in [0.29, 0.717) is 21.7 Å². The van der Waals surface area contributed by atoms with Crippen LogP contribution in [0.25, 0.3) is 0 Å². The maximum absolute atomic E-state index is 9.46. The minimum atomic E-state index is -0.0131. The van der Waals surface area contributed by atoms with Gasteiger partial charge in [-0.1, -0.05) is 34.8 Å². The topological polar surface area (TPSA) is 45.1 Å². The Morgan fingerprint density at radius 2 is 2.06 bits per heavy atom. The van der Waals surface area contributed by atoms with E-state index in [0.717, 1.165) is 4.88 Å². The highest BCUT2D eigenvalue weighted by atomic mass is 35.5. The molecule has 2 rings (SSSR count). The standard InChI is InChI=1S/C10H7Cl3N2OS/c11-6-1-2-7(16)8(12)9(6)14-3-5-4-15-10(13)17-5/h1-2,4,14,16H,3H2. The second-order valence-corrected chi connectivity index (χ2v) is 5.67. The maximum Gasteiger partial charge on any atom is 0.183 e. The summed E-state index contributed by atoms with van der Waals surface area (Å²) in [7, 11) is 0. The zero-order valence-electron chi connectivity index (χ0n) is 8.38. The molecule has 0 amide bonds. The molecular formula is C10H7Cl3N2OS. The molecule has 0 bridgehead atoms. The van der Waals surface area contributed by atoms with Gasteiger partial charge < -0.3 is 10.4 Å². The van der Waals surface area contributed by atoms with E-state index in [2.05, 4.69) is 10.3 Å². The molecule has 0 atom stereocenters. The van der Waals surface area contributed by atoms with Crippen molar-refractivity contribution in [2.45, 2.75) is 6.54 Å². The molecule has 1 aromatic carbocycles. The van der Waals surface area contributed by atoms with Crippen LogP contribution in [0.2, 0.25) is 14.5 Å². The Morgan fingerprint density at radius 3 is 2.71 bits per heavy atom. The molecule has 3 nitrogen and oxygen atoms in total. The lowest BCUT2D eigenvalue weighted by Crippen LogP contribution is -1.99. The van der Waals surface area contributed by atoms with Gasteiger partial charge in [-0.15, -0.1) is 11.3 Å². The predicted molar refractivity (Wildman–Crippen MR) is 72.6 cm³/mol. The summed E-state index contributed by atoms with van der Waals surface area (Å²) in [6.45, 7) is 0.493. The molecule has 0 aliphatic carbocycles. The Hall–Kier alpha value is -0.680. The molecule has 1 heterocycles. The van der Waals surface area contributed by atoms with E-state index >= 15 is 0 Å². The first-order chi connectivity index (χ1) is 8.08. The number of nitrogens with zero attached hydrogens (tertiary/aromatic N) is 1. The van der Waals surface area contributed by atoms with Crippen LogP contribution in [-0.4, -0.2) is 10.1 Å². The quantitative estimate of drug-likeness (QED) is 0.882. The van der Waals surface area contributed by atoms with E-state index in [4.69, 9.17) is 34.8 Å². The van der Waals surface area contributed by atoms with Gasteiger partial charge in [0.05, 0.1) is 17.3 Å². The van der Waals surface area contributed by atoms with Crippen molar-refractivity contribution in [3.05, 3.63) is 37.7 Å². The molecule has 0 fully saturated rings. The van der Waals surface area contributed by atoms with E-state index in [1.807, 2.05) is 0 Å². The van der Waals surface area contributed by atoms with Crippen LogP contribution in [0.5, 0.6) is 5.75 Å². The normalized spacial score (nSPS) is 10.5. The largest absolute Gasteiger partial charge is 0.506 e. The molecule has 0 unspecified atom stereocenters. The van der Waals surface area contributed by atoms with Crippen molar-refractivity contribution in [2.75, 3.05) is 5.32 Å². The number of anilines is 1. The summed E-state index contributed by atoms with van der Waals surface area (Å²) < 4.78 is 0.481. The molecule has 0 saturated heterocycles. The summed E-state index contributed by atoms with van der Waals surface area (Å²) in [5.74, 6) is -0.0131. The zero-order valence-corrected chi connectivity index (χ0v) is 11.5. The van der Waals surface area contributed by atoms with E-state index in [-0.39, 0.29) is 10.8 Å². The van der Waals surface area contributed by atoms with Gasteiger partial charge in [-0.3, -0.25) is 0 Å². The fourth-order valence-corrected chi connectivity index (χ4v) is 2.67. The van der Waals surface area contributed by atoms with E-state index in [9.17, 15) is 5.11 Å². The number of thiazole rings is 1. The Bertz CT molecular complexity index is 544. The number of phenols is 1. The fraction of sp³-hybridized carbons (Fsp3) is 0.100. The van der Waals surface area contributed by atoms with Crippen molar-refractivity contribution in [1.29, 1.82) is 0 Å². The van der Waals surface area contributed by atoms with Crippen LogP contribution in [0.1, 0.15) is 4.88 Å². The molecule has 17 heavy (non-hydrogen) atoms. The average molecular weight is 310 g/mol. The molecule has 7 heteroatoms. The van der Waals surface area contributed by atoms with Crippen molar-refractivity contribution < 1.29 is 5.11 Å². The molecule has 2 aromatic rings. The number of benzene rings is 1. The molecular weight excluding hydrogens is 303 g/mol. The van der Waals surface area contributed by atoms with Gasteiger partial charge in [0.1, 0.15) is 10.8 Å². The number of nitrogens with one attached hydrogen (secondary N) is 1. The first-order valence-corrected chi connectivity index (χ1v) is 6.54. The summed E-state index contributed by atoms with van der Waals surface area (Å²) in [4.78, 5) is 4.87. The van der Waals surface area contributed by atoms with Gasteiger partial charge in [0.15, 0.2) is 4.47 Å². The van der Waals surface area contributed by atoms with Crippen molar-refractivity contribution in [3.8, 4) is 5.75 Å². The van der Waals surface area contributed by atoms with Crippen LogP contribution in [-0.2, 0) is 6.54 Å². The highest BCUT2D eigenvalue weighted by Gasteiger charge is 2.10. The first-order valence-electron chi connectivity index (χ1n) is 4.59. The van der Waals surface area contributed by atoms with Crippen LogP contribution in [0.4, 0.5) is 5.69 Å². The Balaban J connectivity index is 2.16. The number of aromatic nitrogens is 1. The number of rotatable bonds is 3. The first kappa shape index (κ1) is 12.8. The minimum Gasteiger partial charge on any atom is -0.506 e. The van der Waals surface area contributed by atoms with E-state index < -0.39 is 0 Å². The molecule has 0 saturated carbocycles. The monoisotopic (exact) mass is 308 g/mol. The highest BCUT2D eigenvalue weighted by Crippen LogP contribution is 2.37. The number of aromatic hydroxyl groups is 1. The highest BCUT2D eigenvalue weighted by molar-refractivity contribution is 7.15. The zero-order chi connectivity index (χ0) is 12.4. The lowest BCUT2D eigenvalue weighted by Gasteiger charge is -2.10. The summed E-state index contributed by atoms with van der Waals surface area (Å²) in [5, 5.41) is 13.2. The lowest BCUT2D eigenvalue weighted by atomic mass is 10.3. The van der Waals surface area contributed by atoms with Gasteiger partial charge in [-0.2, -0.15) is 0 Å². The Morgan fingerprint density at radius 1 is 1.29 bits per heavy atom. The summed E-state index contributed by atoms with van der Waals surface area (Å²) in [6, 6.07) is 3.02. The second kappa shape index (κ2) is 5.31. The molecule has 2 N–H and O–H groups in total. The number of hydrogen-bond acceptors (Lipinski definition) is 4. The number of phenolic OH excluding ortho intramolecular Hbond substituents is 1. The van der Waals surface area contributed by atoms with Crippen molar-refractivity contribution in [1.82, 2.24) is 4.98 Å². The van der Waals surface area contributed by atoms with Crippen LogP contribution < -0.4 is 5.32 Å². The summed E-state index contributed by atoms with van der Waals surface area (Å²) >= 11 is 19.0. The van der Waals surface area contributed by atoms with Crippen LogP contribution in [0.3, 0.4) is 0 Å². The van der Waals surface area contributed by atoms with Gasteiger partial charge in [0.2, 0.25) is 0 Å². The van der Waals surface area contributed by atoms with Crippen molar-refractivity contribution in [3.63, 3.8) is 0 Å². The van der Waals surface area contributed by atoms with Gasteiger partial charge in [0, 0.05) is 11.1 Å². The summed E-state index contributed by atoms with van der Waals surface area (Å²) in [5.41, 5.74) is 0.498. The van der Waals surface area contributed by atoms with E-state index in [1.165, 1.54) is 17.4 Å². The van der Waals surface area contributed by atoms with Crippen LogP contribution in [0, 0.1) is 0 Å². The second-order valence-electron chi connectivity index (χ2n) is 3.19.